The molecule has 0 bridgehead atoms. The van der Waals surface area contributed by atoms with E-state index in [1.54, 1.807) is 26.1 Å². The van der Waals surface area contributed by atoms with E-state index in [1.807, 2.05) is 6.92 Å². The van der Waals surface area contributed by atoms with Gasteiger partial charge in [-0.05, 0) is 42.8 Å². The molecular weight excluding hydrogens is 338 g/mol. The van der Waals surface area contributed by atoms with Crippen molar-refractivity contribution < 1.29 is 8.78 Å². The summed E-state index contributed by atoms with van der Waals surface area (Å²) in [6.07, 6.45) is 5.83. The van der Waals surface area contributed by atoms with Gasteiger partial charge in [0.1, 0.15) is 4.60 Å². The van der Waals surface area contributed by atoms with Crippen LogP contribution in [-0.4, -0.2) is 15.9 Å². The summed E-state index contributed by atoms with van der Waals surface area (Å²) in [5.41, 5.74) is 1.02. The number of rotatable bonds is 3. The highest BCUT2D eigenvalue weighted by molar-refractivity contribution is 9.10. The van der Waals surface area contributed by atoms with Crippen LogP contribution in [0.2, 0.25) is 0 Å². The second-order valence-electron chi connectivity index (χ2n) is 5.70. The van der Waals surface area contributed by atoms with E-state index in [0.717, 1.165) is 5.69 Å². The van der Waals surface area contributed by atoms with E-state index in [4.69, 9.17) is 0 Å². The predicted octanol–water partition coefficient (Wildman–Crippen LogP) is 5.80. The van der Waals surface area contributed by atoms with Gasteiger partial charge in [-0.3, -0.25) is 4.98 Å². The van der Waals surface area contributed by atoms with Crippen LogP contribution in [0.15, 0.2) is 16.4 Å². The fourth-order valence-electron chi connectivity index (χ4n) is 1.80. The van der Waals surface area contributed by atoms with Crippen LogP contribution in [0.4, 0.5) is 8.78 Å². The van der Waals surface area contributed by atoms with Gasteiger partial charge >= 0.3 is 0 Å². The van der Waals surface area contributed by atoms with Crippen molar-refractivity contribution in [3.63, 3.8) is 0 Å². The van der Waals surface area contributed by atoms with E-state index in [2.05, 4.69) is 39.7 Å². The molecule has 1 aromatic rings. The van der Waals surface area contributed by atoms with Crippen LogP contribution >= 0.6 is 15.9 Å². The highest BCUT2D eigenvalue weighted by atomic mass is 79.9. The average molecular weight is 361 g/mol. The number of hydrogen-bond acceptors (Lipinski definition) is 2. The van der Waals surface area contributed by atoms with Gasteiger partial charge in [-0.2, -0.15) is 0 Å². The fraction of sp³-hybridized carbons (Fsp3) is 0.625. The summed E-state index contributed by atoms with van der Waals surface area (Å²) in [7, 11) is 0. The summed E-state index contributed by atoms with van der Waals surface area (Å²) in [4.78, 5) is 8.36. The van der Waals surface area contributed by atoms with Crippen LogP contribution in [0.5, 0.6) is 0 Å². The molecule has 1 atom stereocenters. The lowest BCUT2D eigenvalue weighted by molar-refractivity contribution is 0.0815. The van der Waals surface area contributed by atoms with Crippen molar-refractivity contribution in [3.8, 4) is 0 Å². The van der Waals surface area contributed by atoms with Gasteiger partial charge in [0.15, 0.2) is 0 Å². The first-order valence-electron chi connectivity index (χ1n) is 7.23. The van der Waals surface area contributed by atoms with Gasteiger partial charge in [-0.25, -0.2) is 13.8 Å². The van der Waals surface area contributed by atoms with Gasteiger partial charge in [0, 0.05) is 6.42 Å². The Labute approximate surface area is 134 Å². The third-order valence-corrected chi connectivity index (χ3v) is 4.32. The minimum atomic E-state index is -2.58. The first kappa shape index (κ1) is 18.2. The summed E-state index contributed by atoms with van der Waals surface area (Å²) in [6.45, 7) is 9.48. The van der Waals surface area contributed by atoms with Crippen molar-refractivity contribution in [2.24, 2.45) is 5.41 Å². The molecule has 0 amide bonds. The minimum absolute atomic E-state index is 0.0780. The van der Waals surface area contributed by atoms with Gasteiger partial charge in [0.25, 0.3) is 5.92 Å². The molecule has 1 heterocycles. The Morgan fingerprint density at radius 3 is 2.29 bits per heavy atom. The minimum Gasteiger partial charge on any atom is -0.252 e. The highest BCUT2D eigenvalue weighted by Gasteiger charge is 2.68. The Bertz CT molecular complexity index is 527. The molecule has 5 heteroatoms. The normalized spacial score (nSPS) is 23.3. The molecule has 1 fully saturated rings. The van der Waals surface area contributed by atoms with Gasteiger partial charge in [-0.1, -0.05) is 32.3 Å². The maximum Gasteiger partial charge on any atom is 0.258 e. The van der Waals surface area contributed by atoms with Crippen LogP contribution in [0.1, 0.15) is 58.3 Å². The van der Waals surface area contributed by atoms with Gasteiger partial charge in [-0.15, -0.1) is 0 Å². The molecule has 0 aliphatic heterocycles. The maximum atomic E-state index is 13.2. The summed E-state index contributed by atoms with van der Waals surface area (Å²) < 4.78 is 27.1. The second-order valence-corrected chi connectivity index (χ2v) is 6.52. The average Bonchev–Trinajstić information content (AvgIpc) is 2.93. The van der Waals surface area contributed by atoms with Crippen molar-refractivity contribution in [2.45, 2.75) is 59.8 Å². The monoisotopic (exact) mass is 360 g/mol. The van der Waals surface area contributed by atoms with Gasteiger partial charge in [0.05, 0.1) is 23.0 Å². The lowest BCUT2D eigenvalue weighted by Crippen LogP contribution is -2.08. The molecule has 1 aliphatic rings. The molecule has 21 heavy (non-hydrogen) atoms. The molecule has 1 saturated carbocycles. The van der Waals surface area contributed by atoms with Crippen molar-refractivity contribution in [3.05, 3.63) is 27.8 Å². The van der Waals surface area contributed by atoms with Crippen molar-refractivity contribution >= 4 is 22.0 Å². The zero-order valence-corrected chi connectivity index (χ0v) is 14.9. The predicted molar refractivity (Wildman–Crippen MR) is 86.4 cm³/mol. The lowest BCUT2D eigenvalue weighted by Gasteiger charge is -2.11. The Morgan fingerprint density at radius 1 is 1.38 bits per heavy atom. The van der Waals surface area contributed by atoms with Crippen LogP contribution in [0.3, 0.4) is 0 Å². The molecule has 1 unspecified atom stereocenters. The molecule has 0 N–H and O–H groups in total. The molecule has 2 nitrogen and oxygen atoms in total. The summed E-state index contributed by atoms with van der Waals surface area (Å²) in [5, 5.41) is 0. The Kier molecular flexibility index (Phi) is 6.02. The topological polar surface area (TPSA) is 25.8 Å². The molecule has 0 aromatic carbocycles. The molecule has 1 aliphatic carbocycles. The van der Waals surface area contributed by atoms with Crippen molar-refractivity contribution in [2.75, 3.05) is 0 Å². The highest BCUT2D eigenvalue weighted by Crippen LogP contribution is 2.64. The van der Waals surface area contributed by atoms with Crippen LogP contribution < -0.4 is 0 Å². The van der Waals surface area contributed by atoms with E-state index < -0.39 is 11.3 Å². The van der Waals surface area contributed by atoms with Crippen LogP contribution in [-0.2, 0) is 0 Å². The number of allylic oxidation sites excluding steroid dienone is 1. The fourth-order valence-corrected chi connectivity index (χ4v) is 2.16. The Balaban J connectivity index is 0.000000491. The zero-order chi connectivity index (χ0) is 16.3. The quantitative estimate of drug-likeness (QED) is 0.680. The van der Waals surface area contributed by atoms with Crippen LogP contribution in [0.25, 0.3) is 6.08 Å². The standard InChI is InChI=1S/C12H13BrF2N2.C4H10/c1-7(11(3)6-12(11,14)15)4-9-8(2)17-10(13)5-16-9;1-3-4-2/h4-5H,6H2,1-3H3;3-4H2,1-2H3/b7-4+;. The third kappa shape index (κ3) is 4.31. The zero-order valence-electron chi connectivity index (χ0n) is 13.3. The summed E-state index contributed by atoms with van der Waals surface area (Å²) in [6, 6.07) is 0. The molecule has 1 aromatic heterocycles. The largest absolute Gasteiger partial charge is 0.258 e. The van der Waals surface area contributed by atoms with Gasteiger partial charge < -0.3 is 0 Å². The SMILES string of the molecule is C/C(=C\c1ncc(Br)nc1C)C1(C)CC1(F)F.CCCC. The van der Waals surface area contributed by atoms with E-state index in [9.17, 15) is 8.78 Å². The molecule has 0 spiro atoms. The van der Waals surface area contributed by atoms with Crippen LogP contribution in [0, 0.1) is 12.3 Å². The molecular formula is C16H23BrF2N2. The summed E-state index contributed by atoms with van der Waals surface area (Å²) >= 11 is 3.22. The maximum absolute atomic E-state index is 13.2. The van der Waals surface area contributed by atoms with Crippen molar-refractivity contribution in [1.82, 2.24) is 9.97 Å². The van der Waals surface area contributed by atoms with E-state index >= 15 is 0 Å². The van der Waals surface area contributed by atoms with E-state index in [0.29, 0.717) is 15.9 Å². The third-order valence-electron chi connectivity index (χ3n) is 3.94. The number of nitrogens with zero attached hydrogens (tertiary/aromatic N) is 2. The van der Waals surface area contributed by atoms with Crippen molar-refractivity contribution in [1.29, 1.82) is 0 Å². The molecule has 0 saturated heterocycles. The second kappa shape index (κ2) is 6.95. The Morgan fingerprint density at radius 2 is 1.90 bits per heavy atom. The molecule has 2 rings (SSSR count). The molecule has 118 valence electrons. The first-order valence-corrected chi connectivity index (χ1v) is 8.03. The lowest BCUT2D eigenvalue weighted by atomic mass is 9.97. The number of hydrogen-bond donors (Lipinski definition) is 0. The summed E-state index contributed by atoms with van der Waals surface area (Å²) in [5.74, 6) is -2.58. The smallest absolute Gasteiger partial charge is 0.252 e. The van der Waals surface area contributed by atoms with Gasteiger partial charge in [0.2, 0.25) is 0 Å². The first-order chi connectivity index (χ1) is 9.67. The molecule has 0 radical (unpaired) electrons. The Hall–Kier alpha value is -0.840. The van der Waals surface area contributed by atoms with E-state index in [-0.39, 0.29) is 6.42 Å². The number of halogens is 3. The number of unbranched alkanes of at least 4 members (excludes halogenated alkanes) is 1. The number of alkyl halides is 2. The number of aryl methyl sites for hydroxylation is 1. The van der Waals surface area contributed by atoms with E-state index in [1.165, 1.54) is 12.8 Å². The number of aromatic nitrogens is 2.